The Morgan fingerprint density at radius 2 is 2.18 bits per heavy atom. The van der Waals surface area contributed by atoms with Crippen molar-refractivity contribution in [2.24, 2.45) is 0 Å². The summed E-state index contributed by atoms with van der Waals surface area (Å²) in [5.74, 6) is -0.0543. The molecule has 0 bridgehead atoms. The van der Waals surface area contributed by atoms with Gasteiger partial charge in [0.25, 0.3) is 5.91 Å². The average Bonchev–Trinajstić information content (AvgIpc) is 2.82. The van der Waals surface area contributed by atoms with Crippen molar-refractivity contribution < 1.29 is 4.79 Å². The van der Waals surface area contributed by atoms with Crippen LogP contribution in [0, 0.1) is 0 Å². The summed E-state index contributed by atoms with van der Waals surface area (Å²) in [5.41, 5.74) is 0. The van der Waals surface area contributed by atoms with E-state index in [9.17, 15) is 4.79 Å². The highest BCUT2D eigenvalue weighted by molar-refractivity contribution is 7.17. The van der Waals surface area contributed by atoms with Gasteiger partial charge >= 0.3 is 0 Å². The van der Waals surface area contributed by atoms with Gasteiger partial charge in [0.2, 0.25) is 10.1 Å². The number of carbonyl (C=O) groups is 1. The van der Waals surface area contributed by atoms with E-state index < -0.39 is 0 Å². The molecule has 0 aliphatic rings. The van der Waals surface area contributed by atoms with E-state index in [1.165, 1.54) is 11.3 Å². The van der Waals surface area contributed by atoms with Crippen LogP contribution < -0.4 is 5.32 Å². The summed E-state index contributed by atoms with van der Waals surface area (Å²) in [6.07, 6.45) is 1.96. The van der Waals surface area contributed by atoms with Crippen molar-refractivity contribution in [2.75, 3.05) is 18.9 Å². The maximum atomic E-state index is 12.0. The molecule has 0 saturated carbocycles. The first-order valence-corrected chi connectivity index (χ1v) is 6.76. The van der Waals surface area contributed by atoms with Crippen LogP contribution in [0.15, 0.2) is 0 Å². The van der Waals surface area contributed by atoms with E-state index in [0.29, 0.717) is 10.1 Å². The minimum Gasteiger partial charge on any atom is -0.360 e. The minimum atomic E-state index is -0.0543. The molecule has 1 aromatic rings. The number of carbonyl (C=O) groups excluding carboxylic acids is 1. The standard InChI is InChI=1S/C11H20N4OS/c1-5-7-12-11-14-13-9(17-11)10(16)15(4)8(3)6-2/h8H,5-7H2,1-4H3,(H,12,14). The predicted octanol–water partition coefficient (Wildman–Crippen LogP) is 2.23. The Kier molecular flexibility index (Phi) is 5.34. The molecule has 6 heteroatoms. The predicted molar refractivity (Wildman–Crippen MR) is 70.5 cm³/mol. The van der Waals surface area contributed by atoms with E-state index >= 15 is 0 Å². The molecule has 0 spiro atoms. The largest absolute Gasteiger partial charge is 0.360 e. The van der Waals surface area contributed by atoms with Crippen LogP contribution in [0.1, 0.15) is 43.4 Å². The van der Waals surface area contributed by atoms with Gasteiger partial charge in [0.1, 0.15) is 0 Å². The first-order valence-electron chi connectivity index (χ1n) is 5.94. The number of amides is 1. The number of rotatable bonds is 6. The molecule has 1 rings (SSSR count). The number of nitrogens with zero attached hydrogens (tertiary/aromatic N) is 3. The van der Waals surface area contributed by atoms with Gasteiger partial charge in [0.05, 0.1) is 0 Å². The highest BCUT2D eigenvalue weighted by Crippen LogP contribution is 2.17. The number of aromatic nitrogens is 2. The van der Waals surface area contributed by atoms with Crippen LogP contribution in [0.3, 0.4) is 0 Å². The molecule has 0 saturated heterocycles. The molecule has 17 heavy (non-hydrogen) atoms. The second kappa shape index (κ2) is 6.54. The van der Waals surface area contributed by atoms with Crippen LogP contribution in [0.25, 0.3) is 0 Å². The molecular weight excluding hydrogens is 236 g/mol. The second-order valence-electron chi connectivity index (χ2n) is 4.01. The van der Waals surface area contributed by atoms with E-state index in [1.807, 2.05) is 6.92 Å². The van der Waals surface area contributed by atoms with Gasteiger partial charge in [-0.3, -0.25) is 4.79 Å². The van der Waals surface area contributed by atoms with E-state index in [2.05, 4.69) is 29.4 Å². The SMILES string of the molecule is CCCNc1nnc(C(=O)N(C)C(C)CC)s1. The molecule has 1 unspecified atom stereocenters. The molecule has 1 aromatic heterocycles. The molecule has 0 fully saturated rings. The maximum Gasteiger partial charge on any atom is 0.284 e. The summed E-state index contributed by atoms with van der Waals surface area (Å²) >= 11 is 1.31. The summed E-state index contributed by atoms with van der Waals surface area (Å²) in [5, 5.41) is 12.2. The lowest BCUT2D eigenvalue weighted by atomic mass is 10.2. The van der Waals surface area contributed by atoms with Crippen LogP contribution in [0.5, 0.6) is 0 Å². The highest BCUT2D eigenvalue weighted by atomic mass is 32.1. The molecule has 0 aliphatic carbocycles. The number of anilines is 1. The molecule has 1 N–H and O–H groups in total. The molecule has 0 aliphatic heterocycles. The summed E-state index contributed by atoms with van der Waals surface area (Å²) in [6, 6.07) is 0.221. The Morgan fingerprint density at radius 3 is 2.76 bits per heavy atom. The molecule has 0 radical (unpaired) electrons. The molecule has 5 nitrogen and oxygen atoms in total. The normalized spacial score (nSPS) is 12.2. The molecular formula is C11H20N4OS. The summed E-state index contributed by atoms with van der Waals surface area (Å²) in [4.78, 5) is 13.8. The van der Waals surface area contributed by atoms with Crippen molar-refractivity contribution in [2.45, 2.75) is 39.7 Å². The summed E-state index contributed by atoms with van der Waals surface area (Å²) < 4.78 is 0. The Balaban J connectivity index is 2.66. The Labute approximate surface area is 106 Å². The van der Waals surface area contributed by atoms with Gasteiger partial charge in [-0.05, 0) is 19.8 Å². The van der Waals surface area contributed by atoms with E-state index in [1.54, 1.807) is 11.9 Å². The maximum absolute atomic E-state index is 12.0. The van der Waals surface area contributed by atoms with Crippen LogP contribution >= 0.6 is 11.3 Å². The van der Waals surface area contributed by atoms with Gasteiger partial charge < -0.3 is 10.2 Å². The lowest BCUT2D eigenvalue weighted by Gasteiger charge is -2.22. The zero-order chi connectivity index (χ0) is 12.8. The van der Waals surface area contributed by atoms with Crippen molar-refractivity contribution in [1.29, 1.82) is 0 Å². The van der Waals surface area contributed by atoms with Crippen molar-refractivity contribution >= 4 is 22.4 Å². The molecule has 1 heterocycles. The minimum absolute atomic E-state index is 0.0543. The molecule has 0 aromatic carbocycles. The van der Waals surface area contributed by atoms with Crippen LogP contribution in [-0.2, 0) is 0 Å². The molecule has 1 atom stereocenters. The van der Waals surface area contributed by atoms with Gasteiger partial charge in [-0.15, -0.1) is 10.2 Å². The van der Waals surface area contributed by atoms with Gasteiger partial charge in [0.15, 0.2) is 0 Å². The third kappa shape index (κ3) is 3.66. The summed E-state index contributed by atoms with van der Waals surface area (Å²) in [6.45, 7) is 7.01. The Morgan fingerprint density at radius 1 is 1.47 bits per heavy atom. The van der Waals surface area contributed by atoms with Crippen molar-refractivity contribution in [3.63, 3.8) is 0 Å². The van der Waals surface area contributed by atoms with Gasteiger partial charge in [-0.2, -0.15) is 0 Å². The van der Waals surface area contributed by atoms with Gasteiger partial charge in [-0.25, -0.2) is 0 Å². The summed E-state index contributed by atoms with van der Waals surface area (Å²) in [7, 11) is 1.80. The smallest absolute Gasteiger partial charge is 0.284 e. The first-order chi connectivity index (χ1) is 8.10. The first kappa shape index (κ1) is 13.9. The van der Waals surface area contributed by atoms with Crippen LogP contribution in [0.4, 0.5) is 5.13 Å². The van der Waals surface area contributed by atoms with E-state index in [-0.39, 0.29) is 11.9 Å². The lowest BCUT2D eigenvalue weighted by molar-refractivity contribution is 0.0739. The fraction of sp³-hybridized carbons (Fsp3) is 0.727. The second-order valence-corrected chi connectivity index (χ2v) is 4.99. The quantitative estimate of drug-likeness (QED) is 0.848. The number of nitrogens with one attached hydrogen (secondary N) is 1. The van der Waals surface area contributed by atoms with Crippen molar-refractivity contribution in [3.05, 3.63) is 5.01 Å². The van der Waals surface area contributed by atoms with Crippen molar-refractivity contribution in [1.82, 2.24) is 15.1 Å². The third-order valence-corrected chi connectivity index (χ3v) is 3.58. The Hall–Kier alpha value is -1.17. The zero-order valence-electron chi connectivity index (χ0n) is 10.9. The fourth-order valence-corrected chi connectivity index (χ4v) is 1.99. The average molecular weight is 256 g/mol. The monoisotopic (exact) mass is 256 g/mol. The van der Waals surface area contributed by atoms with Crippen LogP contribution in [0.2, 0.25) is 0 Å². The fourth-order valence-electron chi connectivity index (χ4n) is 1.24. The Bertz CT molecular complexity index is 366. The highest BCUT2D eigenvalue weighted by Gasteiger charge is 2.20. The topological polar surface area (TPSA) is 58.1 Å². The van der Waals surface area contributed by atoms with Crippen LogP contribution in [-0.4, -0.2) is 40.6 Å². The lowest BCUT2D eigenvalue weighted by Crippen LogP contribution is -2.34. The number of hydrogen-bond donors (Lipinski definition) is 1. The number of hydrogen-bond acceptors (Lipinski definition) is 5. The molecule has 1 amide bonds. The van der Waals surface area contributed by atoms with Crippen molar-refractivity contribution in [3.8, 4) is 0 Å². The third-order valence-electron chi connectivity index (χ3n) is 2.71. The van der Waals surface area contributed by atoms with Gasteiger partial charge in [-0.1, -0.05) is 25.2 Å². The van der Waals surface area contributed by atoms with E-state index in [0.717, 1.165) is 19.4 Å². The van der Waals surface area contributed by atoms with E-state index in [4.69, 9.17) is 0 Å². The zero-order valence-corrected chi connectivity index (χ0v) is 11.7. The van der Waals surface area contributed by atoms with Gasteiger partial charge in [0, 0.05) is 19.6 Å². The molecule has 96 valence electrons.